The number of pyridine rings is 1. The molecule has 1 aromatic heterocycles. The number of ether oxygens (including phenoxy) is 1. The molecule has 0 saturated heterocycles. The molecule has 1 N–H and O–H groups in total. The Kier molecular flexibility index (Phi) is 4.90. The number of benzene rings is 1. The molecule has 2 rings (SSSR count). The van der Waals surface area contributed by atoms with E-state index in [0.29, 0.717) is 27.7 Å². The Labute approximate surface area is 127 Å². The fourth-order valence-electron chi connectivity index (χ4n) is 1.69. The van der Waals surface area contributed by atoms with Crippen LogP contribution in [0.25, 0.3) is 0 Å². The van der Waals surface area contributed by atoms with Gasteiger partial charge in [-0.2, -0.15) is 5.10 Å². The number of carbonyl (C=O) groups excluding carboxylic acids is 1. The van der Waals surface area contributed by atoms with Crippen molar-refractivity contribution in [2.75, 3.05) is 7.11 Å². The number of hydrogen-bond donors (Lipinski definition) is 1. The van der Waals surface area contributed by atoms with Crippen LogP contribution in [0.2, 0.25) is 5.02 Å². The Morgan fingerprint density at radius 1 is 1.33 bits per heavy atom. The lowest BCUT2D eigenvalue weighted by molar-refractivity contribution is 0.0952. The molecule has 0 spiro atoms. The van der Waals surface area contributed by atoms with E-state index >= 15 is 0 Å². The highest BCUT2D eigenvalue weighted by atomic mass is 35.5. The van der Waals surface area contributed by atoms with Crippen molar-refractivity contribution in [3.63, 3.8) is 0 Å². The minimum Gasteiger partial charge on any atom is -0.496 e. The number of nitrogens with zero attached hydrogens (tertiary/aromatic N) is 2. The van der Waals surface area contributed by atoms with Crippen molar-refractivity contribution < 1.29 is 9.53 Å². The number of rotatable bonds is 4. The van der Waals surface area contributed by atoms with Gasteiger partial charge in [-0.05, 0) is 37.3 Å². The Balaban J connectivity index is 2.17. The first-order chi connectivity index (χ1) is 10.1. The average Bonchev–Trinajstić information content (AvgIpc) is 2.53. The molecule has 0 aliphatic carbocycles. The second-order valence-electron chi connectivity index (χ2n) is 4.20. The van der Waals surface area contributed by atoms with E-state index < -0.39 is 5.91 Å². The van der Waals surface area contributed by atoms with Gasteiger partial charge in [-0.25, -0.2) is 5.43 Å². The fourth-order valence-corrected chi connectivity index (χ4v) is 1.86. The van der Waals surface area contributed by atoms with E-state index in [1.54, 1.807) is 25.3 Å². The van der Waals surface area contributed by atoms with Crippen molar-refractivity contribution in [1.29, 1.82) is 0 Å². The van der Waals surface area contributed by atoms with Crippen LogP contribution in [0.5, 0.6) is 5.75 Å². The van der Waals surface area contributed by atoms with Crippen molar-refractivity contribution >= 4 is 23.2 Å². The largest absolute Gasteiger partial charge is 0.496 e. The van der Waals surface area contributed by atoms with Crippen LogP contribution in [0.15, 0.2) is 47.7 Å². The molecule has 5 nitrogen and oxygen atoms in total. The van der Waals surface area contributed by atoms with Crippen LogP contribution in [0.3, 0.4) is 0 Å². The Hall–Kier alpha value is -2.40. The minimum absolute atomic E-state index is 0.322. The number of methoxy groups -OCH3 is 1. The van der Waals surface area contributed by atoms with Gasteiger partial charge in [0.25, 0.3) is 5.91 Å². The molecule has 0 bridgehead atoms. The molecule has 6 heteroatoms. The van der Waals surface area contributed by atoms with Crippen LogP contribution in [0, 0.1) is 0 Å². The highest BCUT2D eigenvalue weighted by molar-refractivity contribution is 6.31. The number of nitrogens with one attached hydrogen (secondary N) is 1. The van der Waals surface area contributed by atoms with Crippen LogP contribution in [-0.2, 0) is 0 Å². The smallest absolute Gasteiger partial charge is 0.275 e. The summed E-state index contributed by atoms with van der Waals surface area (Å²) in [7, 11) is 1.49. The van der Waals surface area contributed by atoms with Crippen LogP contribution in [0.1, 0.15) is 23.0 Å². The molecule has 0 atom stereocenters. The first kappa shape index (κ1) is 15.0. The minimum atomic E-state index is -0.398. The summed E-state index contributed by atoms with van der Waals surface area (Å²) in [5, 5.41) is 4.48. The number of carbonyl (C=O) groups is 1. The van der Waals surface area contributed by atoms with Gasteiger partial charge < -0.3 is 4.74 Å². The van der Waals surface area contributed by atoms with Gasteiger partial charge in [0.05, 0.1) is 24.1 Å². The van der Waals surface area contributed by atoms with Crippen LogP contribution in [0.4, 0.5) is 0 Å². The molecule has 0 unspecified atom stereocenters. The van der Waals surface area contributed by atoms with Gasteiger partial charge in [-0.3, -0.25) is 9.78 Å². The van der Waals surface area contributed by atoms with E-state index in [0.717, 1.165) is 0 Å². The van der Waals surface area contributed by atoms with Crippen molar-refractivity contribution in [2.24, 2.45) is 5.10 Å². The average molecular weight is 304 g/mol. The maximum atomic E-state index is 12.1. The number of hydrogen-bond acceptors (Lipinski definition) is 4. The first-order valence-corrected chi connectivity index (χ1v) is 6.59. The Morgan fingerprint density at radius 2 is 2.14 bits per heavy atom. The van der Waals surface area contributed by atoms with Crippen molar-refractivity contribution in [2.45, 2.75) is 6.92 Å². The van der Waals surface area contributed by atoms with E-state index in [9.17, 15) is 4.79 Å². The lowest BCUT2D eigenvalue weighted by Crippen LogP contribution is -2.20. The number of aromatic nitrogens is 1. The van der Waals surface area contributed by atoms with Crippen molar-refractivity contribution in [3.8, 4) is 5.75 Å². The molecule has 0 aliphatic heterocycles. The summed E-state index contributed by atoms with van der Waals surface area (Å²) >= 11 is 5.90. The van der Waals surface area contributed by atoms with Crippen LogP contribution < -0.4 is 10.2 Å². The topological polar surface area (TPSA) is 63.6 Å². The zero-order valence-corrected chi connectivity index (χ0v) is 12.4. The van der Waals surface area contributed by atoms with E-state index in [1.807, 2.05) is 18.2 Å². The third kappa shape index (κ3) is 3.79. The standard InChI is InChI=1S/C15H14ClN3O2/c1-10(13-5-3-4-8-17-13)18-19-15(20)12-9-11(16)6-7-14(12)21-2/h3-9H,1-2H3,(H,19,20). The normalized spacial score (nSPS) is 11.1. The lowest BCUT2D eigenvalue weighted by atomic mass is 10.2. The van der Waals surface area contributed by atoms with Crippen molar-refractivity contribution in [1.82, 2.24) is 10.4 Å². The molecule has 0 fully saturated rings. The van der Waals surface area contributed by atoms with Crippen molar-refractivity contribution in [3.05, 3.63) is 58.9 Å². The van der Waals surface area contributed by atoms with E-state index in [4.69, 9.17) is 16.3 Å². The van der Waals surface area contributed by atoms with Gasteiger partial charge in [-0.1, -0.05) is 17.7 Å². The van der Waals surface area contributed by atoms with Gasteiger partial charge >= 0.3 is 0 Å². The maximum absolute atomic E-state index is 12.1. The molecule has 21 heavy (non-hydrogen) atoms. The number of halogens is 1. The van der Waals surface area contributed by atoms with Gasteiger partial charge in [0.1, 0.15) is 5.75 Å². The summed E-state index contributed by atoms with van der Waals surface area (Å²) in [5.41, 5.74) is 4.08. The summed E-state index contributed by atoms with van der Waals surface area (Å²) in [6.07, 6.45) is 1.66. The monoisotopic (exact) mass is 303 g/mol. The zero-order chi connectivity index (χ0) is 15.2. The van der Waals surface area contributed by atoms with E-state index in [2.05, 4.69) is 15.5 Å². The molecule has 2 aromatic rings. The third-order valence-corrected chi connectivity index (χ3v) is 3.00. The highest BCUT2D eigenvalue weighted by Crippen LogP contribution is 2.22. The van der Waals surface area contributed by atoms with E-state index in [-0.39, 0.29) is 0 Å². The first-order valence-electron chi connectivity index (χ1n) is 6.21. The van der Waals surface area contributed by atoms with Gasteiger partial charge in [0, 0.05) is 11.2 Å². The Morgan fingerprint density at radius 3 is 2.81 bits per heavy atom. The summed E-state index contributed by atoms with van der Waals surface area (Å²) in [5.74, 6) is 0.0345. The number of hydrazone groups is 1. The quantitative estimate of drug-likeness (QED) is 0.698. The van der Waals surface area contributed by atoms with Crippen LogP contribution in [-0.4, -0.2) is 23.7 Å². The third-order valence-electron chi connectivity index (χ3n) is 2.77. The summed E-state index contributed by atoms with van der Waals surface area (Å²) in [6.45, 7) is 1.76. The summed E-state index contributed by atoms with van der Waals surface area (Å²) in [6, 6.07) is 10.3. The zero-order valence-electron chi connectivity index (χ0n) is 11.6. The number of amides is 1. The predicted octanol–water partition coefficient (Wildman–Crippen LogP) is 2.90. The van der Waals surface area contributed by atoms with Gasteiger partial charge in [-0.15, -0.1) is 0 Å². The van der Waals surface area contributed by atoms with Gasteiger partial charge in [0.15, 0.2) is 0 Å². The van der Waals surface area contributed by atoms with E-state index in [1.165, 1.54) is 13.2 Å². The molecule has 0 saturated carbocycles. The molecular weight excluding hydrogens is 290 g/mol. The molecule has 108 valence electrons. The summed E-state index contributed by atoms with van der Waals surface area (Å²) in [4.78, 5) is 16.3. The maximum Gasteiger partial charge on any atom is 0.275 e. The molecule has 1 heterocycles. The fraction of sp³-hybridized carbons (Fsp3) is 0.133. The second-order valence-corrected chi connectivity index (χ2v) is 4.63. The van der Waals surface area contributed by atoms with Crippen LogP contribution >= 0.6 is 11.6 Å². The lowest BCUT2D eigenvalue weighted by Gasteiger charge is -2.07. The molecule has 0 radical (unpaired) electrons. The molecule has 0 aliphatic rings. The molecular formula is C15H14ClN3O2. The summed E-state index contributed by atoms with van der Waals surface area (Å²) < 4.78 is 5.13. The SMILES string of the molecule is COc1ccc(Cl)cc1C(=O)NN=C(C)c1ccccn1. The highest BCUT2D eigenvalue weighted by Gasteiger charge is 2.12. The second kappa shape index (κ2) is 6.85. The molecule has 1 amide bonds. The van der Waals surface area contributed by atoms with Gasteiger partial charge in [0.2, 0.25) is 0 Å². The Bertz CT molecular complexity index is 672. The predicted molar refractivity (Wildman–Crippen MR) is 81.9 cm³/mol. The molecule has 1 aromatic carbocycles.